The van der Waals surface area contributed by atoms with E-state index in [-0.39, 0.29) is 24.6 Å². The van der Waals surface area contributed by atoms with Crippen LogP contribution in [-0.4, -0.2) is 177 Å². The van der Waals surface area contributed by atoms with Crippen LogP contribution in [-0.2, 0) is 50.8 Å². The number of carbonyl (C=O) groups excluding carboxylic acids is 4. The van der Waals surface area contributed by atoms with E-state index in [1.54, 1.807) is 89.4 Å². The summed E-state index contributed by atoms with van der Waals surface area (Å²) in [7, 11) is -0.666. The van der Waals surface area contributed by atoms with Crippen LogP contribution in [0.25, 0.3) is 33.7 Å². The van der Waals surface area contributed by atoms with Crippen molar-refractivity contribution in [3.63, 3.8) is 0 Å². The van der Waals surface area contributed by atoms with E-state index < -0.39 is 65.1 Å². The van der Waals surface area contributed by atoms with Crippen LogP contribution in [0.2, 0.25) is 5.28 Å². The number of anilines is 4. The highest BCUT2D eigenvalue weighted by molar-refractivity contribution is 6.62. The number of morpholine rings is 2. The number of rotatable bonds is 10. The molecule has 28 nitrogen and oxygen atoms in total. The number of halogens is 1. The average molecular weight is 1290 g/mol. The zero-order chi connectivity index (χ0) is 66.5. The summed E-state index contributed by atoms with van der Waals surface area (Å²) in [5.74, 6) is 2.47. The second-order valence-electron chi connectivity index (χ2n) is 27.6. The number of imide groups is 2. The van der Waals surface area contributed by atoms with Gasteiger partial charge in [-0.1, -0.05) is 35.1 Å². The number of fused-ring (bicyclic) bond motifs is 2. The number of ether oxygens (including phenoxy) is 6. The van der Waals surface area contributed by atoms with Crippen molar-refractivity contribution >= 4 is 94.4 Å². The first-order valence-electron chi connectivity index (χ1n) is 30.1. The molecule has 0 N–H and O–H groups in total. The number of amides is 4. The second-order valence-corrected chi connectivity index (χ2v) is 27.9. The molecule has 0 spiro atoms. The Hall–Kier alpha value is -7.47. The summed E-state index contributed by atoms with van der Waals surface area (Å²) in [6.07, 6.45) is 5.69. The number of hydrogen-bond acceptors (Lipinski definition) is 24. The van der Waals surface area contributed by atoms with Gasteiger partial charge < -0.3 is 56.7 Å². The van der Waals surface area contributed by atoms with Gasteiger partial charge in [-0.3, -0.25) is 0 Å². The van der Waals surface area contributed by atoms with Crippen molar-refractivity contribution in [2.75, 3.05) is 72.2 Å². The predicted molar refractivity (Wildman–Crippen MR) is 347 cm³/mol. The second kappa shape index (κ2) is 29.0. The molecule has 0 aliphatic carbocycles. The van der Waals surface area contributed by atoms with Gasteiger partial charge in [0.05, 0.1) is 55.8 Å². The van der Waals surface area contributed by atoms with Crippen molar-refractivity contribution in [3.8, 4) is 11.4 Å². The lowest BCUT2D eigenvalue weighted by molar-refractivity contribution is 0.00578. The molecule has 3 aliphatic heterocycles. The average Bonchev–Trinajstić information content (AvgIpc) is 1.74. The molecule has 6 aromatic heterocycles. The molecule has 0 radical (unpaired) electrons. The van der Waals surface area contributed by atoms with Gasteiger partial charge in [0.1, 0.15) is 22.4 Å². The molecule has 0 aromatic carbocycles. The van der Waals surface area contributed by atoms with E-state index in [0.29, 0.717) is 95.0 Å². The van der Waals surface area contributed by atoms with Gasteiger partial charge in [0.25, 0.3) is 0 Å². The molecule has 3 saturated heterocycles. The van der Waals surface area contributed by atoms with Crippen molar-refractivity contribution in [1.82, 2.24) is 59.0 Å². The van der Waals surface area contributed by atoms with Crippen LogP contribution in [0, 0.1) is 11.8 Å². The summed E-state index contributed by atoms with van der Waals surface area (Å²) in [6.45, 7) is 43.9. The Labute approximate surface area is 538 Å². The fourth-order valence-electron chi connectivity index (χ4n) is 8.81. The van der Waals surface area contributed by atoms with Crippen LogP contribution in [0.1, 0.15) is 146 Å². The van der Waals surface area contributed by atoms with Crippen molar-refractivity contribution in [1.29, 1.82) is 0 Å². The highest BCUT2D eigenvalue weighted by Gasteiger charge is 2.52. The van der Waals surface area contributed by atoms with E-state index in [0.717, 1.165) is 43.2 Å². The summed E-state index contributed by atoms with van der Waals surface area (Å²) >= 11 is 6.09. The highest BCUT2D eigenvalue weighted by atomic mass is 35.5. The SMILES string of the molecule is C.CC(C)(C)OC(=O)N(C(=O)OC(C)(C)C)c1ncc(B2OC(C)(C)C(C)(C)O2)cn1.CC(C)Cn1cnc2c(N3CCOCC3)nc(-c3cnc(N(C(=O)OC(C)(C)C)C(=O)OC(C)(C)C)nc3)nc21.CC(C)Cn1cnc2c(N3CCOCC3)nc(Cl)nc21. The minimum atomic E-state index is -0.945. The first kappa shape index (κ1) is 72.6. The van der Waals surface area contributed by atoms with E-state index >= 15 is 0 Å². The van der Waals surface area contributed by atoms with Gasteiger partial charge in [-0.25, -0.2) is 59.0 Å². The number of aromatic nitrogens is 12. The minimum absolute atomic E-state index is 0. The Morgan fingerprint density at radius 3 is 1.23 bits per heavy atom. The maximum Gasteiger partial charge on any atom is 0.498 e. The van der Waals surface area contributed by atoms with Crippen LogP contribution >= 0.6 is 11.6 Å². The molecule has 0 bridgehead atoms. The van der Waals surface area contributed by atoms with Gasteiger partial charge in [-0.05, 0) is 134 Å². The van der Waals surface area contributed by atoms with Crippen molar-refractivity contribution in [2.45, 2.75) is 193 Å². The Bertz CT molecular complexity index is 3380. The summed E-state index contributed by atoms with van der Waals surface area (Å²) in [5, 5.41) is 0.268. The Morgan fingerprint density at radius 1 is 0.538 bits per heavy atom. The van der Waals surface area contributed by atoms with Crippen LogP contribution in [0.3, 0.4) is 0 Å². The molecule has 30 heteroatoms. The molecule has 9 rings (SSSR count). The fraction of sp³-hybridized carbons (Fsp3) is 0.639. The first-order chi connectivity index (χ1) is 41.8. The van der Waals surface area contributed by atoms with Gasteiger partial charge in [0, 0.05) is 69.5 Å². The predicted octanol–water partition coefficient (Wildman–Crippen LogP) is 10.5. The summed E-state index contributed by atoms with van der Waals surface area (Å²) in [6, 6.07) is 0. The Kier molecular flexibility index (Phi) is 23.1. The molecular formula is C61H92BClN16O12. The molecule has 91 heavy (non-hydrogen) atoms. The van der Waals surface area contributed by atoms with Gasteiger partial charge in [-0.15, -0.1) is 9.80 Å². The van der Waals surface area contributed by atoms with Gasteiger partial charge in [0.2, 0.25) is 17.2 Å². The van der Waals surface area contributed by atoms with E-state index in [1.165, 1.54) is 24.8 Å². The zero-order valence-corrected chi connectivity index (χ0v) is 56.5. The number of nitrogens with zero attached hydrogens (tertiary/aromatic N) is 16. The Morgan fingerprint density at radius 2 is 0.879 bits per heavy atom. The maximum absolute atomic E-state index is 13.0. The lowest BCUT2D eigenvalue weighted by atomic mass is 9.81. The number of imidazole rings is 2. The third-order valence-electron chi connectivity index (χ3n) is 13.4. The van der Waals surface area contributed by atoms with Crippen molar-refractivity contribution < 1.29 is 56.9 Å². The minimum Gasteiger partial charge on any atom is -0.443 e. The van der Waals surface area contributed by atoms with Crippen LogP contribution in [0.4, 0.5) is 42.7 Å². The smallest absolute Gasteiger partial charge is 0.443 e. The molecule has 6 aromatic rings. The highest BCUT2D eigenvalue weighted by Crippen LogP contribution is 2.37. The zero-order valence-electron chi connectivity index (χ0n) is 55.7. The molecule has 0 unspecified atom stereocenters. The standard InChI is InChI=1S/C27H38N8O5.C20H32BN3O6.C13H18ClN5O.CH4/c1-17(2)15-34-16-30-19-21(33-9-11-38-12-10-33)31-20(32-22(19)34)18-13-28-23(29-14-18)35(24(36)39-26(3,4)5)25(37)40-27(6,7)8;1-17(2,3)27-15(25)24(16(26)28-18(4,5)6)14-22-11-13(12-23-14)21-29-19(7,8)20(9,10)30-21;1-9(2)7-19-8-15-10-11(16-13(14)17-12(10)19)18-3-5-20-6-4-18;/h13-14,16-17H,9-12,15H2,1-8H3;11-12H,1-10H3;8-9H,3-7H2,1-2H3;1H4. The molecule has 0 saturated carbocycles. The quantitative estimate of drug-likeness (QED) is 0.0699. The van der Waals surface area contributed by atoms with E-state index in [4.69, 9.17) is 59.3 Å². The molecule has 9 heterocycles. The number of carbonyl (C=O) groups is 4. The summed E-state index contributed by atoms with van der Waals surface area (Å²) in [4.78, 5) is 101. The van der Waals surface area contributed by atoms with Crippen molar-refractivity contribution in [2.24, 2.45) is 11.8 Å². The maximum atomic E-state index is 13.0. The summed E-state index contributed by atoms with van der Waals surface area (Å²) < 4.78 is 48.4. The van der Waals surface area contributed by atoms with Crippen LogP contribution < -0.4 is 25.1 Å². The molecule has 4 amide bonds. The normalized spacial score (nSPS) is 15.9. The van der Waals surface area contributed by atoms with Gasteiger partial charge in [-0.2, -0.15) is 9.97 Å². The van der Waals surface area contributed by atoms with Gasteiger partial charge in [0.15, 0.2) is 39.8 Å². The third kappa shape index (κ3) is 19.5. The van der Waals surface area contributed by atoms with Crippen LogP contribution in [0.5, 0.6) is 0 Å². The summed E-state index contributed by atoms with van der Waals surface area (Å²) in [5.41, 5.74) is -0.276. The molecule has 498 valence electrons. The molecular weight excluding hydrogens is 1200 g/mol. The molecule has 3 fully saturated rings. The molecule has 0 atom stereocenters. The van der Waals surface area contributed by atoms with Crippen molar-refractivity contribution in [3.05, 3.63) is 42.7 Å². The third-order valence-corrected chi connectivity index (χ3v) is 13.6. The van der Waals surface area contributed by atoms with E-state index in [2.05, 4.69) is 77.4 Å². The van der Waals surface area contributed by atoms with E-state index in [1.807, 2.05) is 43.2 Å². The lowest BCUT2D eigenvalue weighted by Crippen LogP contribution is -2.45. The van der Waals surface area contributed by atoms with Gasteiger partial charge >= 0.3 is 31.5 Å². The lowest BCUT2D eigenvalue weighted by Gasteiger charge is -2.32. The molecule has 3 aliphatic rings. The Balaban J connectivity index is 0.000000228. The fourth-order valence-corrected chi connectivity index (χ4v) is 8.97. The number of hydrogen-bond donors (Lipinski definition) is 0. The largest absolute Gasteiger partial charge is 0.498 e. The van der Waals surface area contributed by atoms with Crippen LogP contribution in [0.15, 0.2) is 37.4 Å². The first-order valence-corrected chi connectivity index (χ1v) is 30.4. The van der Waals surface area contributed by atoms with E-state index in [9.17, 15) is 19.2 Å². The topological polar surface area (TPSA) is 294 Å². The monoisotopic (exact) mass is 1290 g/mol.